The average molecular weight is 809 g/mol. The van der Waals surface area contributed by atoms with Crippen LogP contribution >= 0.6 is 11.8 Å². The number of Topliss-reactive ketones (excluding diaryl/α,β-unsaturated/α-hetero) is 1. The predicted octanol–water partition coefficient (Wildman–Crippen LogP) is -1.88. The number of nitrogens with one attached hydrogen (secondary N) is 5. The number of nitrogens with two attached hydrogens (primary N) is 3. The van der Waals surface area contributed by atoms with E-state index in [0.717, 1.165) is 11.8 Å². The van der Waals surface area contributed by atoms with Crippen molar-refractivity contribution >= 4 is 71.2 Å². The molecule has 0 aliphatic carbocycles. The first-order chi connectivity index (χ1) is 26.3. The van der Waals surface area contributed by atoms with E-state index < -0.39 is 114 Å². The minimum atomic E-state index is -1.45. The van der Waals surface area contributed by atoms with Crippen LogP contribution in [0, 0.1) is 17.8 Å². The molecule has 21 heteroatoms. The molecular weight excluding hydrogens is 753 g/mol. The van der Waals surface area contributed by atoms with Crippen molar-refractivity contribution in [2.75, 3.05) is 18.1 Å². The smallest absolute Gasteiger partial charge is 0.327 e. The van der Waals surface area contributed by atoms with Crippen molar-refractivity contribution in [3.05, 3.63) is 11.8 Å². The fourth-order valence-electron chi connectivity index (χ4n) is 5.76. The molecule has 8 atom stereocenters. The normalized spacial score (nSPS) is 22.6. The van der Waals surface area contributed by atoms with E-state index in [-0.39, 0.29) is 43.3 Å². The zero-order valence-electron chi connectivity index (χ0n) is 32.1. The maximum absolute atomic E-state index is 13.9. The third-order valence-corrected chi connectivity index (χ3v) is 10.5. The van der Waals surface area contributed by atoms with Gasteiger partial charge in [0.2, 0.25) is 29.5 Å². The van der Waals surface area contributed by atoms with E-state index in [1.807, 2.05) is 0 Å². The number of rotatable bonds is 19. The number of carbonyl (C=O) groups excluding carboxylic acids is 6. The Hall–Kier alpha value is -5.05. The van der Waals surface area contributed by atoms with Crippen LogP contribution in [-0.2, 0) is 38.4 Å². The highest BCUT2D eigenvalue weighted by atomic mass is 32.2. The lowest BCUT2D eigenvalue weighted by molar-refractivity contribution is -0.141. The van der Waals surface area contributed by atoms with Crippen LogP contribution in [0.5, 0.6) is 0 Å². The number of guanidine groups is 1. The molecule has 0 spiro atoms. The summed E-state index contributed by atoms with van der Waals surface area (Å²) in [6.07, 6.45) is 3.54. The summed E-state index contributed by atoms with van der Waals surface area (Å²) in [6, 6.07) is -7.72. The third kappa shape index (κ3) is 15.6. The molecule has 20 nitrogen and oxygen atoms in total. The van der Waals surface area contributed by atoms with Gasteiger partial charge < -0.3 is 54.0 Å². The number of amides is 5. The number of nitrogens with zero attached hydrogens (tertiary/aromatic N) is 2. The van der Waals surface area contributed by atoms with Gasteiger partial charge in [-0.3, -0.25) is 43.5 Å². The summed E-state index contributed by atoms with van der Waals surface area (Å²) in [5, 5.41) is 32.0. The summed E-state index contributed by atoms with van der Waals surface area (Å²) < 4.78 is 0. The van der Waals surface area contributed by atoms with Gasteiger partial charge in [-0.25, -0.2) is 4.79 Å². The molecule has 2 rings (SSSR count). The highest BCUT2D eigenvalue weighted by Gasteiger charge is 2.37. The fraction of sp³-hybridized carbons (Fsp3) is 0.657. The predicted molar refractivity (Wildman–Crippen MR) is 208 cm³/mol. The second kappa shape index (κ2) is 23.1. The Labute approximate surface area is 329 Å². The number of hydrogen-bond acceptors (Lipinski definition) is 12. The number of carboxylic acid groups (broad SMARTS) is 2. The van der Waals surface area contributed by atoms with Crippen LogP contribution in [0.2, 0.25) is 0 Å². The molecule has 5 amide bonds. The molecule has 13 N–H and O–H groups in total. The molecule has 56 heavy (non-hydrogen) atoms. The number of carbonyl (C=O) groups is 8. The Balaban J connectivity index is 2.38. The van der Waals surface area contributed by atoms with Gasteiger partial charge in [-0.15, -0.1) is 0 Å². The van der Waals surface area contributed by atoms with Crippen molar-refractivity contribution in [3.63, 3.8) is 0 Å². The number of allylic oxidation sites excluding steroid dienone is 1. The molecule has 312 valence electrons. The first kappa shape index (κ1) is 47.1. The third-order valence-electron chi connectivity index (χ3n) is 9.32. The summed E-state index contributed by atoms with van der Waals surface area (Å²) in [6.45, 7) is 7.01. The van der Waals surface area contributed by atoms with E-state index in [9.17, 15) is 43.5 Å². The Morgan fingerprint density at radius 3 is 2.25 bits per heavy atom. The molecule has 2 aliphatic rings. The van der Waals surface area contributed by atoms with Crippen LogP contribution in [0.1, 0.15) is 72.6 Å². The van der Waals surface area contributed by atoms with Gasteiger partial charge in [0.15, 0.2) is 11.7 Å². The van der Waals surface area contributed by atoms with Crippen LogP contribution in [0.25, 0.3) is 0 Å². The average Bonchev–Trinajstić information content (AvgIpc) is 3.64. The minimum Gasteiger partial charge on any atom is -0.481 e. The Morgan fingerprint density at radius 2 is 1.68 bits per heavy atom. The molecule has 8 unspecified atom stereocenters. The van der Waals surface area contributed by atoms with Crippen LogP contribution in [0.15, 0.2) is 21.8 Å². The maximum Gasteiger partial charge on any atom is 0.327 e. The van der Waals surface area contributed by atoms with Crippen molar-refractivity contribution in [2.45, 2.75) is 109 Å². The monoisotopic (exact) mass is 808 g/mol. The van der Waals surface area contributed by atoms with Crippen molar-refractivity contribution in [1.29, 1.82) is 0 Å². The van der Waals surface area contributed by atoms with E-state index in [2.05, 4.69) is 36.6 Å². The number of hydrogen-bond donors (Lipinski definition) is 10. The first-order valence-corrected chi connectivity index (χ1v) is 19.6. The summed E-state index contributed by atoms with van der Waals surface area (Å²) in [4.78, 5) is 113. The van der Waals surface area contributed by atoms with E-state index in [1.165, 1.54) is 0 Å². The van der Waals surface area contributed by atoms with E-state index in [1.54, 1.807) is 40.0 Å². The Morgan fingerprint density at radius 1 is 0.982 bits per heavy atom. The molecule has 1 fully saturated rings. The van der Waals surface area contributed by atoms with Gasteiger partial charge in [0, 0.05) is 55.1 Å². The molecule has 0 aromatic heterocycles. The lowest BCUT2D eigenvalue weighted by Crippen LogP contribution is -2.59. The molecule has 0 bridgehead atoms. The van der Waals surface area contributed by atoms with Crippen molar-refractivity contribution in [3.8, 4) is 0 Å². The molecule has 1 saturated heterocycles. The number of thioether (sulfide) groups is 1. The maximum atomic E-state index is 13.9. The van der Waals surface area contributed by atoms with Crippen molar-refractivity contribution in [2.24, 2.45) is 44.9 Å². The second-order valence-corrected chi connectivity index (χ2v) is 15.2. The first-order valence-electron chi connectivity index (χ1n) is 18.4. The van der Waals surface area contributed by atoms with E-state index in [4.69, 9.17) is 22.3 Å². The van der Waals surface area contributed by atoms with Gasteiger partial charge in [0.25, 0.3) is 0 Å². The second-order valence-electron chi connectivity index (χ2n) is 14.1. The zero-order chi connectivity index (χ0) is 42.1. The fourth-order valence-corrected chi connectivity index (χ4v) is 6.83. The van der Waals surface area contributed by atoms with Gasteiger partial charge in [-0.05, 0) is 24.7 Å². The molecule has 0 radical (unpaired) electrons. The highest BCUT2D eigenvalue weighted by Crippen LogP contribution is 2.21. The Kier molecular flexibility index (Phi) is 19.4. The number of aliphatic carboxylic acids is 2. The number of carboxylic acids is 2. The summed E-state index contributed by atoms with van der Waals surface area (Å²) in [5.41, 5.74) is 17.0. The highest BCUT2D eigenvalue weighted by molar-refractivity contribution is 7.99. The van der Waals surface area contributed by atoms with Crippen LogP contribution < -0.4 is 43.8 Å². The molecule has 2 heterocycles. The SMILES string of the molecule is CCC(C)C1NC(=O)C(NC(=O)C(CC(=O)C(CCCN=C(N)N)NC(=O)C(N)CC(=O)O)C(C)C)CSCC(C(=O)O)NC(=O)C(CC2=CCC=N2)NC1=O. The van der Waals surface area contributed by atoms with Gasteiger partial charge in [0.1, 0.15) is 24.2 Å². The molecule has 2 aliphatic heterocycles. The number of aliphatic imine (C=N–C) groups is 2. The quantitative estimate of drug-likeness (QED) is 0.0388. The van der Waals surface area contributed by atoms with Gasteiger partial charge in [-0.1, -0.05) is 40.2 Å². The van der Waals surface area contributed by atoms with E-state index in [0.29, 0.717) is 18.5 Å². The topological polar surface area (TPSA) is 340 Å². The summed E-state index contributed by atoms with van der Waals surface area (Å²) >= 11 is 0.975. The van der Waals surface area contributed by atoms with Gasteiger partial charge in [-0.2, -0.15) is 11.8 Å². The van der Waals surface area contributed by atoms with Gasteiger partial charge >= 0.3 is 11.9 Å². The van der Waals surface area contributed by atoms with Crippen LogP contribution in [-0.4, -0.2) is 124 Å². The largest absolute Gasteiger partial charge is 0.481 e. The standard InChI is InChI=1S/C35H56N10O10S/c1-5-18(4)28-33(53)42-23(12-19-8-6-10-39-19)31(51)44-25(34(54)55)16-56-15-24(32(52)45-28)43-29(49)20(17(2)3)13-26(46)22(9-7-11-40-35(37)38)41-30(50)21(36)14-27(47)48/h8,10,17-18,20-25,28H,5-7,9,11-16,36H2,1-4H3,(H,41,50)(H,42,53)(H,43,49)(H,44,51)(H,45,52)(H,47,48)(H,54,55)(H4,37,38,40). The molecular formula is C35H56N10O10S. The van der Waals surface area contributed by atoms with Crippen molar-refractivity contribution < 1.29 is 48.6 Å². The van der Waals surface area contributed by atoms with E-state index >= 15 is 0 Å². The zero-order valence-corrected chi connectivity index (χ0v) is 32.9. The van der Waals surface area contributed by atoms with Gasteiger partial charge in [0.05, 0.1) is 18.5 Å². The van der Waals surface area contributed by atoms with Crippen LogP contribution in [0.4, 0.5) is 0 Å². The lowest BCUT2D eigenvalue weighted by atomic mass is 9.87. The Bertz CT molecular complexity index is 1550. The molecule has 0 saturated carbocycles. The molecule has 0 aromatic rings. The summed E-state index contributed by atoms with van der Waals surface area (Å²) in [7, 11) is 0. The minimum absolute atomic E-state index is 0.0152. The van der Waals surface area contributed by atoms with Crippen molar-refractivity contribution in [1.82, 2.24) is 26.6 Å². The lowest BCUT2D eigenvalue weighted by Gasteiger charge is -2.29. The number of ketones is 1. The van der Waals surface area contributed by atoms with Crippen LogP contribution in [0.3, 0.4) is 0 Å². The summed E-state index contributed by atoms with van der Waals surface area (Å²) in [5.74, 6) is -9.52. The molecule has 0 aromatic carbocycles.